The summed E-state index contributed by atoms with van der Waals surface area (Å²) in [5.74, 6) is -0.844. The summed E-state index contributed by atoms with van der Waals surface area (Å²) in [6, 6.07) is 0. The number of methoxy groups -OCH3 is 1. The van der Waals surface area contributed by atoms with Crippen LogP contribution in [0.1, 0.15) is 36.8 Å². The van der Waals surface area contributed by atoms with E-state index in [0.29, 0.717) is 5.90 Å². The molecule has 0 aliphatic carbocycles. The Morgan fingerprint density at radius 1 is 1.57 bits per heavy atom. The van der Waals surface area contributed by atoms with E-state index < -0.39 is 12.3 Å². The zero-order valence-electron chi connectivity index (χ0n) is 11.5. The van der Waals surface area contributed by atoms with Crippen LogP contribution in [0.2, 0.25) is 0 Å². The molecule has 2 heteroatoms. The molecule has 0 radical (unpaired) electrons. The molecule has 2 nitrogen and oxygen atoms in total. The van der Waals surface area contributed by atoms with E-state index in [1.54, 1.807) is 6.92 Å². The molecule has 14 heavy (non-hydrogen) atoms. The summed E-state index contributed by atoms with van der Waals surface area (Å²) in [5, 5.41) is 0. The highest BCUT2D eigenvalue weighted by Gasteiger charge is 2.14. The Labute approximate surface area is 89.2 Å². The van der Waals surface area contributed by atoms with Crippen LogP contribution in [-0.4, -0.2) is 13.0 Å². The van der Waals surface area contributed by atoms with Crippen molar-refractivity contribution in [1.29, 1.82) is 0 Å². The van der Waals surface area contributed by atoms with Crippen molar-refractivity contribution in [2.24, 2.45) is 10.9 Å². The van der Waals surface area contributed by atoms with Gasteiger partial charge < -0.3 is 4.74 Å². The minimum Gasteiger partial charge on any atom is -0.484 e. The molecule has 0 aromatic rings. The molecule has 1 aliphatic heterocycles. The molecular weight excluding hydrogens is 174 g/mol. The third kappa shape index (κ3) is 2.47. The molecule has 0 aromatic heterocycles. The molecule has 0 fully saturated rings. The van der Waals surface area contributed by atoms with Crippen LogP contribution < -0.4 is 0 Å². The number of hydrogen-bond donors (Lipinski definition) is 0. The van der Waals surface area contributed by atoms with Gasteiger partial charge in [-0.05, 0) is 33.2 Å². The van der Waals surface area contributed by atoms with Gasteiger partial charge in [-0.3, -0.25) is 0 Å². The molecule has 2 unspecified atom stereocenters. The number of rotatable bonds is 0. The van der Waals surface area contributed by atoms with Gasteiger partial charge >= 0.3 is 0 Å². The lowest BCUT2D eigenvalue weighted by Gasteiger charge is -2.17. The van der Waals surface area contributed by atoms with Crippen molar-refractivity contribution in [2.45, 2.75) is 34.1 Å². The first-order valence-corrected chi connectivity index (χ1v) is 4.71. The predicted molar refractivity (Wildman–Crippen MR) is 60.4 cm³/mol. The SMILES string of the molecule is [2H]C1/C(C)=C(C)\C=C(\C)N=C(OC)C1([2H])C. The number of allylic oxidation sites excluding steroid dienone is 4. The Hall–Kier alpha value is -1.05. The average molecular weight is 195 g/mol. The number of ether oxygens (including phenoxy) is 1. The van der Waals surface area contributed by atoms with Gasteiger partial charge in [0, 0.05) is 14.3 Å². The minimum absolute atomic E-state index is 0.299. The molecule has 0 amide bonds. The lowest BCUT2D eigenvalue weighted by molar-refractivity contribution is 0.368. The van der Waals surface area contributed by atoms with Gasteiger partial charge in [0.05, 0.1) is 7.11 Å². The van der Waals surface area contributed by atoms with Gasteiger partial charge in [-0.25, -0.2) is 4.99 Å². The lowest BCUT2D eigenvalue weighted by Crippen LogP contribution is -2.15. The van der Waals surface area contributed by atoms with Crippen LogP contribution in [-0.2, 0) is 4.74 Å². The summed E-state index contributed by atoms with van der Waals surface area (Å²) >= 11 is 0. The van der Waals surface area contributed by atoms with Crippen molar-refractivity contribution in [1.82, 2.24) is 0 Å². The molecule has 1 heterocycles. The fraction of sp³-hybridized carbons (Fsp3) is 0.583. The number of hydrogen-bond acceptors (Lipinski definition) is 2. The van der Waals surface area contributed by atoms with Crippen molar-refractivity contribution in [2.75, 3.05) is 7.11 Å². The molecule has 1 rings (SSSR count). The highest BCUT2D eigenvalue weighted by atomic mass is 16.5. The summed E-state index contributed by atoms with van der Waals surface area (Å²) in [6.45, 7) is 7.38. The van der Waals surface area contributed by atoms with Gasteiger partial charge in [-0.2, -0.15) is 0 Å². The summed E-state index contributed by atoms with van der Waals surface area (Å²) in [4.78, 5) is 4.26. The number of aliphatic imine (C=N–C) groups is 1. The highest BCUT2D eigenvalue weighted by Crippen LogP contribution is 2.21. The van der Waals surface area contributed by atoms with E-state index in [0.717, 1.165) is 16.8 Å². The maximum atomic E-state index is 8.23. The van der Waals surface area contributed by atoms with Crippen LogP contribution in [0.3, 0.4) is 0 Å². The Morgan fingerprint density at radius 3 is 2.79 bits per heavy atom. The van der Waals surface area contributed by atoms with Crippen LogP contribution in [0, 0.1) is 5.89 Å². The van der Waals surface area contributed by atoms with E-state index >= 15 is 0 Å². The Bertz CT molecular complexity index is 380. The van der Waals surface area contributed by atoms with Crippen LogP contribution in [0.15, 0.2) is 27.9 Å². The molecule has 0 aromatic carbocycles. The Balaban J connectivity index is 3.38. The van der Waals surface area contributed by atoms with Crippen molar-refractivity contribution in [3.05, 3.63) is 22.9 Å². The normalized spacial score (nSPS) is 45.1. The maximum Gasteiger partial charge on any atom is 0.191 e. The maximum absolute atomic E-state index is 8.23. The lowest BCUT2D eigenvalue weighted by atomic mass is 9.97. The number of nitrogens with zero attached hydrogens (tertiary/aromatic N) is 1. The summed E-state index contributed by atoms with van der Waals surface area (Å²) < 4.78 is 21.5. The second-order valence-electron chi connectivity index (χ2n) is 3.60. The molecule has 78 valence electrons. The first-order chi connectivity index (χ1) is 7.30. The molecule has 1 aliphatic rings. The van der Waals surface area contributed by atoms with Crippen molar-refractivity contribution in [3.8, 4) is 0 Å². The van der Waals surface area contributed by atoms with Crippen LogP contribution in [0.25, 0.3) is 0 Å². The van der Waals surface area contributed by atoms with Crippen LogP contribution >= 0.6 is 0 Å². The molecular formula is C12H19NO. The zero-order valence-corrected chi connectivity index (χ0v) is 9.51. The zero-order chi connectivity index (χ0) is 12.5. The second-order valence-corrected chi connectivity index (χ2v) is 3.60. The van der Waals surface area contributed by atoms with Gasteiger partial charge in [0.15, 0.2) is 5.90 Å². The third-order valence-corrected chi connectivity index (χ3v) is 2.29. The largest absolute Gasteiger partial charge is 0.484 e. The molecule has 0 bridgehead atoms. The van der Waals surface area contributed by atoms with Gasteiger partial charge in [-0.1, -0.05) is 18.1 Å². The highest BCUT2D eigenvalue weighted by molar-refractivity contribution is 5.80. The summed E-state index contributed by atoms with van der Waals surface area (Å²) in [6.07, 6.45) is 1.26. The van der Waals surface area contributed by atoms with Crippen molar-refractivity contribution < 1.29 is 7.48 Å². The van der Waals surface area contributed by atoms with E-state index in [-0.39, 0.29) is 0 Å². The van der Waals surface area contributed by atoms with Gasteiger partial charge in [0.1, 0.15) is 0 Å². The van der Waals surface area contributed by atoms with E-state index in [9.17, 15) is 0 Å². The minimum atomic E-state index is -1.14. The van der Waals surface area contributed by atoms with E-state index in [4.69, 9.17) is 7.48 Å². The van der Waals surface area contributed by atoms with E-state index in [1.165, 1.54) is 7.11 Å². The standard InChI is InChI=1S/C12H19NO/c1-8-6-10(3)12(14-5)13-11(4)7-9(8)2/h7,10H,6H2,1-5H3/b9-8-,11-7-,13-12?/i6D,10D. The first-order valence-electron chi connectivity index (χ1n) is 5.79. The fourth-order valence-corrected chi connectivity index (χ4v) is 1.41. The fourth-order valence-electron chi connectivity index (χ4n) is 1.41. The third-order valence-electron chi connectivity index (χ3n) is 2.29. The summed E-state index contributed by atoms with van der Waals surface area (Å²) in [5.41, 5.74) is 2.70. The van der Waals surface area contributed by atoms with Gasteiger partial charge in [0.2, 0.25) is 0 Å². The Morgan fingerprint density at radius 2 is 2.21 bits per heavy atom. The first kappa shape index (κ1) is 8.27. The molecule has 0 saturated heterocycles. The average Bonchev–Trinajstić information content (AvgIpc) is 2.22. The molecule has 2 atom stereocenters. The van der Waals surface area contributed by atoms with Crippen molar-refractivity contribution >= 4 is 5.90 Å². The van der Waals surface area contributed by atoms with Crippen molar-refractivity contribution in [3.63, 3.8) is 0 Å². The predicted octanol–water partition coefficient (Wildman–Crippen LogP) is 3.31. The molecule has 0 saturated carbocycles. The summed E-state index contributed by atoms with van der Waals surface area (Å²) in [7, 11) is 1.50. The second kappa shape index (κ2) is 4.45. The van der Waals surface area contributed by atoms with E-state index in [2.05, 4.69) is 4.99 Å². The molecule has 0 N–H and O–H groups in total. The van der Waals surface area contributed by atoms with Gasteiger partial charge in [-0.15, -0.1) is 0 Å². The quantitative estimate of drug-likeness (QED) is 0.581. The monoisotopic (exact) mass is 195 g/mol. The van der Waals surface area contributed by atoms with Crippen LogP contribution in [0.4, 0.5) is 0 Å². The topological polar surface area (TPSA) is 21.6 Å². The van der Waals surface area contributed by atoms with E-state index in [1.807, 2.05) is 26.8 Å². The van der Waals surface area contributed by atoms with Crippen LogP contribution in [0.5, 0.6) is 0 Å². The van der Waals surface area contributed by atoms with Gasteiger partial charge in [0.25, 0.3) is 0 Å². The Kier molecular flexibility index (Phi) is 2.63. The molecule has 0 spiro atoms. The smallest absolute Gasteiger partial charge is 0.191 e.